The van der Waals surface area contributed by atoms with Gasteiger partial charge in [0, 0.05) is 16.5 Å². The number of thiazole rings is 1. The van der Waals surface area contributed by atoms with Crippen LogP contribution < -0.4 is 5.32 Å². The maximum Gasteiger partial charge on any atom is 0.339 e. The molecular weight excluding hydrogens is 460 g/mol. The standard InChI is InChI=1S/C27H22N4O3S/c1-2-23(25(32)31-27-30-22(16-35-27)17-10-4-3-5-11-17)34-26(33)19-13-7-6-12-18(19)24-28-20-14-8-9-15-21(20)29-24/h3-16,23H,2H2,1H3,(H,28,29)(H,30,31,32). The van der Waals surface area contributed by atoms with Crippen molar-refractivity contribution in [1.82, 2.24) is 15.0 Å². The number of anilines is 1. The van der Waals surface area contributed by atoms with Gasteiger partial charge in [0.25, 0.3) is 5.91 Å². The van der Waals surface area contributed by atoms with Crippen LogP contribution in [0.1, 0.15) is 23.7 Å². The van der Waals surface area contributed by atoms with E-state index in [2.05, 4.69) is 20.3 Å². The molecule has 1 unspecified atom stereocenters. The van der Waals surface area contributed by atoms with Gasteiger partial charge in [-0.05, 0) is 24.6 Å². The normalized spacial score (nSPS) is 11.8. The summed E-state index contributed by atoms with van der Waals surface area (Å²) in [7, 11) is 0. The number of fused-ring (bicyclic) bond motifs is 1. The predicted molar refractivity (Wildman–Crippen MR) is 137 cm³/mol. The minimum atomic E-state index is -0.963. The molecule has 1 atom stereocenters. The van der Waals surface area contributed by atoms with Crippen molar-refractivity contribution in [1.29, 1.82) is 0 Å². The third-order valence-electron chi connectivity index (χ3n) is 5.51. The SMILES string of the molecule is CCC(OC(=O)c1ccccc1-c1nc2ccccc2[nH]1)C(=O)Nc1nc(-c2ccccc2)cs1. The molecule has 0 aliphatic rings. The molecule has 8 heteroatoms. The second-order valence-corrected chi connectivity index (χ2v) is 8.70. The van der Waals surface area contributed by atoms with Gasteiger partial charge in [-0.25, -0.2) is 14.8 Å². The first-order valence-electron chi connectivity index (χ1n) is 11.2. The maximum absolute atomic E-state index is 13.1. The van der Waals surface area contributed by atoms with E-state index in [0.29, 0.717) is 28.5 Å². The smallest absolute Gasteiger partial charge is 0.339 e. The number of hydrogen-bond acceptors (Lipinski definition) is 6. The molecule has 5 rings (SSSR count). The molecule has 3 aromatic carbocycles. The van der Waals surface area contributed by atoms with Gasteiger partial charge >= 0.3 is 5.97 Å². The number of H-pyrrole nitrogens is 1. The molecule has 2 heterocycles. The van der Waals surface area contributed by atoms with Gasteiger partial charge in [0.2, 0.25) is 0 Å². The fourth-order valence-corrected chi connectivity index (χ4v) is 4.44. The van der Waals surface area contributed by atoms with E-state index in [9.17, 15) is 9.59 Å². The highest BCUT2D eigenvalue weighted by Gasteiger charge is 2.25. The number of aromatic nitrogens is 3. The fraction of sp³-hybridized carbons (Fsp3) is 0.111. The molecule has 0 aliphatic heterocycles. The molecule has 0 saturated heterocycles. The van der Waals surface area contributed by atoms with Crippen molar-refractivity contribution in [2.75, 3.05) is 5.32 Å². The molecule has 2 aromatic heterocycles. The summed E-state index contributed by atoms with van der Waals surface area (Å²) >= 11 is 1.32. The minimum Gasteiger partial charge on any atom is -0.449 e. The molecule has 0 bridgehead atoms. The van der Waals surface area contributed by atoms with Crippen LogP contribution in [0.3, 0.4) is 0 Å². The van der Waals surface area contributed by atoms with Crippen molar-refractivity contribution in [3.8, 4) is 22.6 Å². The minimum absolute atomic E-state index is 0.321. The lowest BCUT2D eigenvalue weighted by Gasteiger charge is -2.16. The average Bonchev–Trinajstić information content (AvgIpc) is 3.55. The third-order valence-corrected chi connectivity index (χ3v) is 6.27. The number of carbonyl (C=O) groups excluding carboxylic acids is 2. The van der Waals surface area contributed by atoms with Crippen molar-refractivity contribution in [2.24, 2.45) is 0 Å². The molecule has 7 nitrogen and oxygen atoms in total. The van der Waals surface area contributed by atoms with Crippen LogP contribution in [-0.4, -0.2) is 32.9 Å². The number of nitrogens with zero attached hydrogens (tertiary/aromatic N) is 2. The second-order valence-electron chi connectivity index (χ2n) is 7.84. The molecule has 0 saturated carbocycles. The van der Waals surface area contributed by atoms with Crippen molar-refractivity contribution in [2.45, 2.75) is 19.4 Å². The van der Waals surface area contributed by atoms with Gasteiger partial charge in [-0.2, -0.15) is 0 Å². The lowest BCUT2D eigenvalue weighted by molar-refractivity contribution is -0.124. The van der Waals surface area contributed by atoms with Crippen LogP contribution in [0.25, 0.3) is 33.7 Å². The van der Waals surface area contributed by atoms with Crippen LogP contribution in [0.5, 0.6) is 0 Å². The summed E-state index contributed by atoms with van der Waals surface area (Å²) in [4.78, 5) is 38.3. The molecule has 35 heavy (non-hydrogen) atoms. The molecule has 5 aromatic rings. The number of amides is 1. The number of benzene rings is 3. The summed E-state index contributed by atoms with van der Waals surface area (Å²) in [6.07, 6.45) is -0.642. The summed E-state index contributed by atoms with van der Waals surface area (Å²) in [5, 5.41) is 5.10. The predicted octanol–water partition coefficient (Wildman–Crippen LogP) is 5.93. The summed E-state index contributed by atoms with van der Waals surface area (Å²) in [5.74, 6) is -0.448. The number of imidazole rings is 1. The van der Waals surface area contributed by atoms with E-state index < -0.39 is 18.0 Å². The van der Waals surface area contributed by atoms with Gasteiger partial charge in [-0.3, -0.25) is 10.1 Å². The van der Waals surface area contributed by atoms with Gasteiger partial charge < -0.3 is 9.72 Å². The first kappa shape index (κ1) is 22.5. The number of rotatable bonds is 7. The van der Waals surface area contributed by atoms with E-state index in [1.165, 1.54) is 11.3 Å². The van der Waals surface area contributed by atoms with E-state index in [0.717, 1.165) is 22.3 Å². The van der Waals surface area contributed by atoms with Crippen molar-refractivity contribution < 1.29 is 14.3 Å². The number of hydrogen-bond donors (Lipinski definition) is 2. The summed E-state index contributed by atoms with van der Waals surface area (Å²) in [6, 6.07) is 24.4. The quantitative estimate of drug-likeness (QED) is 0.280. The van der Waals surface area contributed by atoms with Crippen LogP contribution in [0.15, 0.2) is 84.2 Å². The Labute approximate surface area is 205 Å². The first-order chi connectivity index (χ1) is 17.1. The number of nitrogens with one attached hydrogen (secondary N) is 2. The average molecular weight is 483 g/mol. The Balaban J connectivity index is 1.32. The number of para-hydroxylation sites is 2. The first-order valence-corrected chi connectivity index (χ1v) is 12.1. The zero-order chi connectivity index (χ0) is 24.2. The molecule has 174 valence electrons. The maximum atomic E-state index is 13.1. The van der Waals surface area contributed by atoms with E-state index in [4.69, 9.17) is 4.74 Å². The monoisotopic (exact) mass is 482 g/mol. The van der Waals surface area contributed by atoms with E-state index in [1.807, 2.05) is 66.0 Å². The Kier molecular flexibility index (Phi) is 6.36. The number of esters is 1. The van der Waals surface area contributed by atoms with E-state index in [-0.39, 0.29) is 0 Å². The Hall–Kier alpha value is -4.30. The van der Waals surface area contributed by atoms with Crippen molar-refractivity contribution >= 4 is 39.4 Å². The Bertz CT molecular complexity index is 1460. The number of aromatic amines is 1. The third kappa shape index (κ3) is 4.83. The summed E-state index contributed by atoms with van der Waals surface area (Å²) in [6.45, 7) is 1.79. The van der Waals surface area contributed by atoms with Gasteiger partial charge in [0.15, 0.2) is 11.2 Å². The number of ether oxygens (including phenoxy) is 1. The van der Waals surface area contributed by atoms with E-state index in [1.54, 1.807) is 25.1 Å². The van der Waals surface area contributed by atoms with Gasteiger partial charge in [0.05, 0.1) is 22.3 Å². The lowest BCUT2D eigenvalue weighted by atomic mass is 10.1. The molecule has 2 N–H and O–H groups in total. The molecule has 0 aliphatic carbocycles. The molecular formula is C27H22N4O3S. The van der Waals surface area contributed by atoms with Crippen LogP contribution in [0.2, 0.25) is 0 Å². The Morgan fingerprint density at radius 1 is 0.971 bits per heavy atom. The van der Waals surface area contributed by atoms with E-state index >= 15 is 0 Å². The highest BCUT2D eigenvalue weighted by Crippen LogP contribution is 2.27. The second kappa shape index (κ2) is 9.90. The van der Waals surface area contributed by atoms with Crippen LogP contribution in [0, 0.1) is 0 Å². The summed E-state index contributed by atoms with van der Waals surface area (Å²) in [5.41, 5.74) is 4.35. The van der Waals surface area contributed by atoms with Crippen molar-refractivity contribution in [3.63, 3.8) is 0 Å². The summed E-state index contributed by atoms with van der Waals surface area (Å²) < 4.78 is 5.63. The topological polar surface area (TPSA) is 97.0 Å². The van der Waals surface area contributed by atoms with Crippen molar-refractivity contribution in [3.05, 3.63) is 89.8 Å². The molecule has 0 radical (unpaired) electrons. The van der Waals surface area contributed by atoms with Crippen LogP contribution in [0.4, 0.5) is 5.13 Å². The van der Waals surface area contributed by atoms with Gasteiger partial charge in [-0.1, -0.05) is 67.6 Å². The fourth-order valence-electron chi connectivity index (χ4n) is 3.72. The molecule has 1 amide bonds. The zero-order valence-electron chi connectivity index (χ0n) is 18.9. The molecule has 0 fully saturated rings. The highest BCUT2D eigenvalue weighted by atomic mass is 32.1. The highest BCUT2D eigenvalue weighted by molar-refractivity contribution is 7.14. The Morgan fingerprint density at radius 2 is 1.71 bits per heavy atom. The van der Waals surface area contributed by atoms with Crippen LogP contribution in [-0.2, 0) is 9.53 Å². The molecule has 0 spiro atoms. The zero-order valence-corrected chi connectivity index (χ0v) is 19.7. The van der Waals surface area contributed by atoms with Gasteiger partial charge in [0.1, 0.15) is 5.82 Å². The largest absolute Gasteiger partial charge is 0.449 e. The number of carbonyl (C=O) groups is 2. The Morgan fingerprint density at radius 3 is 2.51 bits per heavy atom. The lowest BCUT2D eigenvalue weighted by Crippen LogP contribution is -2.32. The van der Waals surface area contributed by atoms with Crippen LogP contribution >= 0.6 is 11.3 Å². The van der Waals surface area contributed by atoms with Gasteiger partial charge in [-0.15, -0.1) is 11.3 Å².